The molecule has 0 aromatic heterocycles. The molecular weight excluding hydrogens is 278 g/mol. The van der Waals surface area contributed by atoms with Crippen molar-refractivity contribution in [3.63, 3.8) is 0 Å². The quantitative estimate of drug-likeness (QED) is 0.834. The minimum absolute atomic E-state index is 0.549. The van der Waals surface area contributed by atoms with E-state index in [0.29, 0.717) is 5.92 Å². The molecule has 0 heterocycles. The largest absolute Gasteiger partial charge is 0.385 e. The summed E-state index contributed by atoms with van der Waals surface area (Å²) in [6, 6.07) is 9.38. The van der Waals surface area contributed by atoms with Crippen LogP contribution >= 0.6 is 15.9 Å². The van der Waals surface area contributed by atoms with Crippen LogP contribution in [0, 0.1) is 0 Å². The Hall–Kier alpha value is -0.380. The second kappa shape index (κ2) is 6.53. The van der Waals surface area contributed by atoms with Gasteiger partial charge < -0.3 is 10.1 Å². The van der Waals surface area contributed by atoms with E-state index in [1.54, 1.807) is 7.11 Å². The summed E-state index contributed by atoms with van der Waals surface area (Å²) < 4.78 is 6.36. The molecule has 2 nitrogen and oxygen atoms in total. The lowest BCUT2D eigenvalue weighted by Crippen LogP contribution is -2.24. The van der Waals surface area contributed by atoms with Gasteiger partial charge in [-0.05, 0) is 42.9 Å². The number of halogens is 1. The normalized spacial score (nSPS) is 17.1. The van der Waals surface area contributed by atoms with Gasteiger partial charge in [-0.2, -0.15) is 0 Å². The second-order valence-corrected chi connectivity index (χ2v) is 5.63. The molecule has 1 aromatic carbocycles. The van der Waals surface area contributed by atoms with Gasteiger partial charge in [-0.15, -0.1) is 0 Å². The number of hydrogen-bond donors (Lipinski definition) is 1. The number of methoxy groups -OCH3 is 1. The zero-order chi connectivity index (χ0) is 12.1. The highest BCUT2D eigenvalue weighted by atomic mass is 79.9. The molecule has 94 valence electrons. The monoisotopic (exact) mass is 297 g/mol. The maximum Gasteiger partial charge on any atom is 0.0468 e. The Labute approximate surface area is 112 Å². The topological polar surface area (TPSA) is 21.3 Å². The smallest absolute Gasteiger partial charge is 0.0468 e. The van der Waals surface area contributed by atoms with E-state index in [0.717, 1.165) is 30.1 Å². The Bertz CT molecular complexity index is 352. The van der Waals surface area contributed by atoms with Gasteiger partial charge >= 0.3 is 0 Å². The van der Waals surface area contributed by atoms with Crippen LogP contribution in [0.3, 0.4) is 0 Å². The van der Waals surface area contributed by atoms with Crippen LogP contribution in [-0.2, 0) is 4.74 Å². The molecule has 17 heavy (non-hydrogen) atoms. The molecule has 0 radical (unpaired) electrons. The summed E-state index contributed by atoms with van der Waals surface area (Å²) in [6.07, 6.45) is 3.76. The predicted octanol–water partition coefficient (Wildman–Crippen LogP) is 3.32. The second-order valence-electron chi connectivity index (χ2n) is 4.72. The van der Waals surface area contributed by atoms with Gasteiger partial charge in [0.05, 0.1) is 0 Å². The molecule has 1 N–H and O–H groups in total. The van der Waals surface area contributed by atoms with E-state index < -0.39 is 0 Å². The minimum Gasteiger partial charge on any atom is -0.385 e. The highest BCUT2D eigenvalue weighted by Gasteiger charge is 2.22. The van der Waals surface area contributed by atoms with Crippen molar-refractivity contribution in [2.24, 2.45) is 0 Å². The summed E-state index contributed by atoms with van der Waals surface area (Å²) in [4.78, 5) is 0. The van der Waals surface area contributed by atoms with Gasteiger partial charge in [0.15, 0.2) is 0 Å². The molecule has 1 aliphatic rings. The molecule has 1 aliphatic carbocycles. The molecular formula is C14H20BrNO. The van der Waals surface area contributed by atoms with Gasteiger partial charge in [0, 0.05) is 30.8 Å². The number of hydrogen-bond acceptors (Lipinski definition) is 2. The summed E-state index contributed by atoms with van der Waals surface area (Å²) in [7, 11) is 1.77. The lowest BCUT2D eigenvalue weighted by Gasteiger charge is -2.18. The van der Waals surface area contributed by atoms with Crippen molar-refractivity contribution in [1.29, 1.82) is 0 Å². The highest BCUT2D eigenvalue weighted by Crippen LogP contribution is 2.25. The van der Waals surface area contributed by atoms with E-state index in [1.807, 2.05) is 0 Å². The van der Waals surface area contributed by atoms with Crippen LogP contribution < -0.4 is 5.32 Å². The van der Waals surface area contributed by atoms with E-state index in [-0.39, 0.29) is 0 Å². The Morgan fingerprint density at radius 2 is 2.29 bits per heavy atom. The number of ether oxygens (including phenoxy) is 1. The van der Waals surface area contributed by atoms with E-state index in [4.69, 9.17) is 4.74 Å². The van der Waals surface area contributed by atoms with Crippen LogP contribution in [0.5, 0.6) is 0 Å². The molecule has 3 heteroatoms. The molecule has 1 saturated carbocycles. The van der Waals surface area contributed by atoms with Crippen molar-refractivity contribution in [1.82, 2.24) is 5.32 Å². The van der Waals surface area contributed by atoms with Crippen LogP contribution in [0.4, 0.5) is 0 Å². The Morgan fingerprint density at radius 1 is 1.47 bits per heavy atom. The van der Waals surface area contributed by atoms with E-state index in [2.05, 4.69) is 45.5 Å². The third-order valence-corrected chi connectivity index (χ3v) is 3.71. The summed E-state index contributed by atoms with van der Waals surface area (Å²) in [6.45, 7) is 1.88. The maximum atomic E-state index is 5.21. The van der Waals surface area contributed by atoms with E-state index in [1.165, 1.54) is 18.4 Å². The minimum atomic E-state index is 0.549. The van der Waals surface area contributed by atoms with Gasteiger partial charge in [0.1, 0.15) is 0 Å². The molecule has 2 rings (SSSR count). The van der Waals surface area contributed by atoms with E-state index in [9.17, 15) is 0 Å². The SMILES string of the molecule is COCCC(CNC1CC1)c1cccc(Br)c1. The average Bonchev–Trinajstić information content (AvgIpc) is 3.13. The van der Waals surface area contributed by atoms with Crippen LogP contribution in [0.1, 0.15) is 30.7 Å². The summed E-state index contributed by atoms with van der Waals surface area (Å²) in [5, 5.41) is 3.61. The average molecular weight is 298 g/mol. The molecule has 0 amide bonds. The molecule has 0 bridgehead atoms. The molecule has 1 aromatic rings. The van der Waals surface area contributed by atoms with Crippen molar-refractivity contribution >= 4 is 15.9 Å². The maximum absolute atomic E-state index is 5.21. The van der Waals surface area contributed by atoms with Crippen LogP contribution in [-0.4, -0.2) is 26.3 Å². The fourth-order valence-electron chi connectivity index (χ4n) is 2.00. The molecule has 1 atom stereocenters. The Morgan fingerprint density at radius 3 is 2.94 bits per heavy atom. The first-order valence-corrected chi connectivity index (χ1v) is 7.06. The van der Waals surface area contributed by atoms with Crippen molar-refractivity contribution in [3.8, 4) is 0 Å². The lowest BCUT2D eigenvalue weighted by molar-refractivity contribution is 0.187. The first-order valence-electron chi connectivity index (χ1n) is 6.27. The number of rotatable bonds is 7. The van der Waals surface area contributed by atoms with Crippen LogP contribution in [0.25, 0.3) is 0 Å². The third-order valence-electron chi connectivity index (χ3n) is 3.22. The fraction of sp³-hybridized carbons (Fsp3) is 0.571. The molecule has 0 spiro atoms. The number of benzene rings is 1. The highest BCUT2D eigenvalue weighted by molar-refractivity contribution is 9.10. The Balaban J connectivity index is 1.96. The van der Waals surface area contributed by atoms with Crippen molar-refractivity contribution < 1.29 is 4.74 Å². The van der Waals surface area contributed by atoms with Crippen molar-refractivity contribution in [2.75, 3.05) is 20.3 Å². The van der Waals surface area contributed by atoms with Gasteiger partial charge in [-0.1, -0.05) is 28.1 Å². The van der Waals surface area contributed by atoms with Crippen molar-refractivity contribution in [2.45, 2.75) is 31.2 Å². The molecule has 1 fully saturated rings. The van der Waals surface area contributed by atoms with Crippen LogP contribution in [0.15, 0.2) is 28.7 Å². The summed E-state index contributed by atoms with van der Waals surface area (Å²) in [5.41, 5.74) is 1.39. The lowest BCUT2D eigenvalue weighted by atomic mass is 9.96. The fourth-order valence-corrected chi connectivity index (χ4v) is 2.42. The van der Waals surface area contributed by atoms with Crippen molar-refractivity contribution in [3.05, 3.63) is 34.3 Å². The molecule has 0 saturated heterocycles. The standard InChI is InChI=1S/C14H20BrNO/c1-17-8-7-12(10-16-14-5-6-14)11-3-2-4-13(15)9-11/h2-4,9,12,14,16H,5-8,10H2,1H3. The summed E-state index contributed by atoms with van der Waals surface area (Å²) in [5.74, 6) is 0.549. The first-order chi connectivity index (χ1) is 8.29. The first kappa shape index (κ1) is 13.1. The summed E-state index contributed by atoms with van der Waals surface area (Å²) >= 11 is 3.54. The van der Waals surface area contributed by atoms with Gasteiger partial charge in [-0.3, -0.25) is 0 Å². The number of nitrogens with one attached hydrogen (secondary N) is 1. The molecule has 0 aliphatic heterocycles. The van der Waals surface area contributed by atoms with Crippen LogP contribution in [0.2, 0.25) is 0 Å². The van der Waals surface area contributed by atoms with Gasteiger partial charge in [-0.25, -0.2) is 0 Å². The van der Waals surface area contributed by atoms with Gasteiger partial charge in [0.25, 0.3) is 0 Å². The zero-order valence-electron chi connectivity index (χ0n) is 10.3. The Kier molecular flexibility index (Phi) is 5.01. The van der Waals surface area contributed by atoms with E-state index >= 15 is 0 Å². The molecule has 1 unspecified atom stereocenters. The van der Waals surface area contributed by atoms with Gasteiger partial charge in [0.2, 0.25) is 0 Å². The zero-order valence-corrected chi connectivity index (χ0v) is 11.9. The third kappa shape index (κ3) is 4.41. The predicted molar refractivity (Wildman–Crippen MR) is 74.4 cm³/mol.